The first-order chi connectivity index (χ1) is 14.9. The molecule has 0 aromatic heterocycles. The van der Waals surface area contributed by atoms with E-state index in [4.69, 9.17) is 0 Å². The van der Waals surface area contributed by atoms with E-state index in [1.807, 2.05) is 0 Å². The van der Waals surface area contributed by atoms with Gasteiger partial charge in [-0.15, -0.1) is 0 Å². The maximum Gasteiger partial charge on any atom is 0.0205 e. The van der Waals surface area contributed by atoms with Crippen LogP contribution in [0.5, 0.6) is 0 Å². The maximum atomic E-state index is 2.53. The molecule has 0 heterocycles. The van der Waals surface area contributed by atoms with Gasteiger partial charge in [0.05, 0.1) is 0 Å². The molecule has 0 amide bonds. The van der Waals surface area contributed by atoms with Crippen LogP contribution in [0.15, 0.2) is 107 Å². The fourth-order valence-corrected chi connectivity index (χ4v) is 6.02. The summed E-state index contributed by atoms with van der Waals surface area (Å²) in [5, 5.41) is 2.92. The normalized spacial score (nSPS) is 26.8. The number of allylic oxidation sites excluding steroid dienone is 14. The van der Waals surface area contributed by atoms with E-state index in [2.05, 4.69) is 85.0 Å². The van der Waals surface area contributed by atoms with Crippen molar-refractivity contribution in [1.82, 2.24) is 0 Å². The van der Waals surface area contributed by atoms with Crippen molar-refractivity contribution in [1.29, 1.82) is 0 Å². The molecule has 5 aliphatic carbocycles. The first kappa shape index (κ1) is 18.0. The zero-order valence-corrected chi connectivity index (χ0v) is 17.5. The molecule has 6 rings (SSSR count). The minimum Gasteiger partial charge on any atom is -0.0842 e. The van der Waals surface area contributed by atoms with E-state index >= 15 is 0 Å². The summed E-state index contributed by atoms with van der Waals surface area (Å²) in [6.45, 7) is 0. The molecule has 2 atom stereocenters. The molecule has 0 saturated carbocycles. The lowest BCUT2D eigenvalue weighted by atomic mass is 9.63. The third kappa shape index (κ3) is 2.82. The van der Waals surface area contributed by atoms with Gasteiger partial charge in [0.2, 0.25) is 0 Å². The predicted molar refractivity (Wildman–Crippen MR) is 127 cm³/mol. The number of fused-ring (bicyclic) bond motifs is 3. The second-order valence-corrected chi connectivity index (χ2v) is 8.97. The van der Waals surface area contributed by atoms with Crippen molar-refractivity contribution in [3.63, 3.8) is 0 Å². The SMILES string of the molecule is C1=CCCC(C2=c3ccccc3=C(C3=CC=CCC3)C3C4=C(C=CC23)CCC=C4)=C1. The molecule has 0 bridgehead atoms. The van der Waals surface area contributed by atoms with Crippen molar-refractivity contribution >= 4 is 11.1 Å². The topological polar surface area (TPSA) is 0 Å². The van der Waals surface area contributed by atoms with Crippen molar-refractivity contribution in [3.8, 4) is 0 Å². The highest BCUT2D eigenvalue weighted by molar-refractivity contribution is 5.82. The molecule has 148 valence electrons. The summed E-state index contributed by atoms with van der Waals surface area (Å²) in [6, 6.07) is 9.21. The second kappa shape index (κ2) is 7.43. The zero-order valence-electron chi connectivity index (χ0n) is 17.5. The first-order valence-corrected chi connectivity index (χ1v) is 11.6. The Hall–Kier alpha value is -2.86. The van der Waals surface area contributed by atoms with Gasteiger partial charge in [0.1, 0.15) is 0 Å². The fraction of sp³-hybridized carbons (Fsp3) is 0.267. The average molecular weight is 389 g/mol. The largest absolute Gasteiger partial charge is 0.0842 e. The highest BCUT2D eigenvalue weighted by Gasteiger charge is 2.38. The molecule has 2 unspecified atom stereocenters. The Bertz CT molecular complexity index is 1230. The molecule has 30 heavy (non-hydrogen) atoms. The van der Waals surface area contributed by atoms with Gasteiger partial charge >= 0.3 is 0 Å². The third-order valence-corrected chi connectivity index (χ3v) is 7.32. The summed E-state index contributed by atoms with van der Waals surface area (Å²) in [5.74, 6) is 0.872. The smallest absolute Gasteiger partial charge is 0.0205 e. The zero-order chi connectivity index (χ0) is 19.9. The molecule has 0 N–H and O–H groups in total. The van der Waals surface area contributed by atoms with E-state index in [0.29, 0.717) is 11.8 Å². The molecule has 0 fully saturated rings. The molecular weight excluding hydrogens is 360 g/mol. The lowest BCUT2D eigenvalue weighted by molar-refractivity contribution is 0.634. The van der Waals surface area contributed by atoms with Crippen LogP contribution in [-0.4, -0.2) is 0 Å². The van der Waals surface area contributed by atoms with E-state index in [1.54, 1.807) is 22.3 Å². The van der Waals surface area contributed by atoms with Crippen molar-refractivity contribution in [3.05, 3.63) is 118 Å². The lowest BCUT2D eigenvalue weighted by Gasteiger charge is -2.40. The van der Waals surface area contributed by atoms with Gasteiger partial charge in [-0.1, -0.05) is 85.0 Å². The fourth-order valence-electron chi connectivity index (χ4n) is 6.02. The predicted octanol–water partition coefficient (Wildman–Crippen LogP) is 6.00. The molecule has 0 heteroatoms. The van der Waals surface area contributed by atoms with Crippen molar-refractivity contribution in [2.45, 2.75) is 38.5 Å². The molecule has 1 aromatic carbocycles. The molecular formula is C30H28. The number of hydrogen-bond acceptors (Lipinski definition) is 0. The van der Waals surface area contributed by atoms with Gasteiger partial charge in [0.15, 0.2) is 0 Å². The highest BCUT2D eigenvalue weighted by atomic mass is 14.4. The molecule has 0 spiro atoms. The number of rotatable bonds is 2. The van der Waals surface area contributed by atoms with E-state index in [0.717, 1.165) is 25.7 Å². The van der Waals surface area contributed by atoms with Crippen LogP contribution in [0.25, 0.3) is 11.1 Å². The minimum atomic E-state index is 0.431. The van der Waals surface area contributed by atoms with E-state index in [1.165, 1.54) is 34.4 Å². The summed E-state index contributed by atoms with van der Waals surface area (Å²) >= 11 is 0. The van der Waals surface area contributed by atoms with Gasteiger partial charge in [-0.2, -0.15) is 0 Å². The lowest BCUT2D eigenvalue weighted by Crippen LogP contribution is -2.42. The van der Waals surface area contributed by atoms with Gasteiger partial charge in [0.25, 0.3) is 0 Å². The number of hydrogen-bond donors (Lipinski definition) is 0. The van der Waals surface area contributed by atoms with Crippen LogP contribution in [0, 0.1) is 11.8 Å². The summed E-state index contributed by atoms with van der Waals surface area (Å²) in [6.07, 6.45) is 30.7. The standard InChI is InChI=1S/C30H28/c1-3-12-22(13-4-1)28-25-17-9-10-18-26(25)29(23-14-5-2-6-15-23)30-24-16-8-7-11-21(24)19-20-27(28)30/h1-3,5,8-10,12,14,16-20,27,30H,4,6-7,11,13,15H2. The molecule has 0 aliphatic heterocycles. The van der Waals surface area contributed by atoms with Crippen molar-refractivity contribution < 1.29 is 0 Å². The van der Waals surface area contributed by atoms with Crippen LogP contribution in [-0.2, 0) is 0 Å². The Labute approximate surface area is 179 Å². The van der Waals surface area contributed by atoms with Crippen molar-refractivity contribution in [2.24, 2.45) is 11.8 Å². The Morgan fingerprint density at radius 2 is 1.33 bits per heavy atom. The van der Waals surface area contributed by atoms with E-state index in [-0.39, 0.29) is 0 Å². The molecule has 0 saturated heterocycles. The summed E-state index contributed by atoms with van der Waals surface area (Å²) in [7, 11) is 0. The number of benzene rings is 1. The van der Waals surface area contributed by atoms with Gasteiger partial charge < -0.3 is 0 Å². The average Bonchev–Trinajstić information content (AvgIpc) is 2.83. The van der Waals surface area contributed by atoms with Crippen LogP contribution in [0.4, 0.5) is 0 Å². The van der Waals surface area contributed by atoms with Crippen LogP contribution < -0.4 is 10.4 Å². The summed E-state index contributed by atoms with van der Waals surface area (Å²) < 4.78 is 0. The molecule has 0 nitrogen and oxygen atoms in total. The van der Waals surface area contributed by atoms with Crippen LogP contribution >= 0.6 is 0 Å². The summed E-state index contributed by atoms with van der Waals surface area (Å²) in [5.41, 5.74) is 9.34. The third-order valence-electron chi connectivity index (χ3n) is 7.32. The Morgan fingerprint density at radius 1 is 0.667 bits per heavy atom. The molecule has 1 aromatic rings. The Balaban J connectivity index is 1.71. The Kier molecular flexibility index (Phi) is 4.45. The van der Waals surface area contributed by atoms with Gasteiger partial charge in [0, 0.05) is 11.8 Å². The van der Waals surface area contributed by atoms with Crippen LogP contribution in [0.1, 0.15) is 38.5 Å². The maximum absolute atomic E-state index is 2.53. The first-order valence-electron chi connectivity index (χ1n) is 11.6. The Morgan fingerprint density at radius 3 is 2.03 bits per heavy atom. The van der Waals surface area contributed by atoms with E-state index in [9.17, 15) is 0 Å². The highest BCUT2D eigenvalue weighted by Crippen LogP contribution is 2.48. The van der Waals surface area contributed by atoms with Crippen LogP contribution in [0.2, 0.25) is 0 Å². The monoisotopic (exact) mass is 388 g/mol. The minimum absolute atomic E-state index is 0.431. The van der Waals surface area contributed by atoms with E-state index < -0.39 is 0 Å². The quantitative estimate of drug-likeness (QED) is 0.583. The molecule has 5 aliphatic rings. The van der Waals surface area contributed by atoms with Gasteiger partial charge in [-0.25, -0.2) is 0 Å². The second-order valence-electron chi connectivity index (χ2n) is 8.97. The van der Waals surface area contributed by atoms with Gasteiger partial charge in [-0.05, 0) is 82.4 Å². The van der Waals surface area contributed by atoms with Crippen molar-refractivity contribution in [2.75, 3.05) is 0 Å². The van der Waals surface area contributed by atoms with Crippen LogP contribution in [0.3, 0.4) is 0 Å². The van der Waals surface area contributed by atoms with Gasteiger partial charge in [-0.3, -0.25) is 0 Å². The molecule has 0 radical (unpaired) electrons. The summed E-state index contributed by atoms with van der Waals surface area (Å²) in [4.78, 5) is 0.